The Bertz CT molecular complexity index is 327. The quantitative estimate of drug-likeness (QED) is 0.676. The normalized spacial score (nSPS) is 22.5. The van der Waals surface area contributed by atoms with Crippen molar-refractivity contribution in [2.45, 2.75) is 18.9 Å². The molecule has 14 heavy (non-hydrogen) atoms. The fourth-order valence-electron chi connectivity index (χ4n) is 1.59. The molecule has 0 aromatic carbocycles. The van der Waals surface area contributed by atoms with Crippen LogP contribution in [0.1, 0.15) is 12.8 Å². The van der Waals surface area contributed by atoms with E-state index in [0.29, 0.717) is 6.54 Å². The van der Waals surface area contributed by atoms with Gasteiger partial charge in [-0.05, 0) is 12.8 Å². The number of hydrogen-bond acceptors (Lipinski definition) is 4. The van der Waals surface area contributed by atoms with Gasteiger partial charge in [0.05, 0.1) is 24.1 Å². The predicted molar refractivity (Wildman–Crippen MR) is 51.6 cm³/mol. The second kappa shape index (κ2) is 3.71. The highest BCUT2D eigenvalue weighted by Crippen LogP contribution is 2.17. The standard InChI is InChI=1S/C9H12N4O/c10-8-2-1-3-13(9(8)14)7-4-11-6-12-5-7/h4-6,8H,1-3,10H2. The minimum Gasteiger partial charge on any atom is -0.320 e. The maximum Gasteiger partial charge on any atom is 0.243 e. The molecule has 0 aliphatic carbocycles. The van der Waals surface area contributed by atoms with Crippen LogP contribution in [0.25, 0.3) is 0 Å². The molecule has 1 saturated heterocycles. The van der Waals surface area contributed by atoms with E-state index in [1.807, 2.05) is 0 Å². The van der Waals surface area contributed by atoms with Crippen molar-refractivity contribution >= 4 is 11.6 Å². The van der Waals surface area contributed by atoms with Gasteiger partial charge in [0.15, 0.2) is 0 Å². The lowest BCUT2D eigenvalue weighted by Crippen LogP contribution is -2.48. The average molecular weight is 192 g/mol. The highest BCUT2D eigenvalue weighted by atomic mass is 16.2. The molecule has 2 N–H and O–H groups in total. The van der Waals surface area contributed by atoms with Gasteiger partial charge in [-0.25, -0.2) is 9.97 Å². The van der Waals surface area contributed by atoms with Crippen molar-refractivity contribution in [3.8, 4) is 0 Å². The summed E-state index contributed by atoms with van der Waals surface area (Å²) in [5.74, 6) is -0.0361. The summed E-state index contributed by atoms with van der Waals surface area (Å²) in [4.78, 5) is 21.1. The first kappa shape index (κ1) is 9.08. The van der Waals surface area contributed by atoms with E-state index in [2.05, 4.69) is 9.97 Å². The Balaban J connectivity index is 2.22. The molecule has 1 aliphatic rings. The summed E-state index contributed by atoms with van der Waals surface area (Å²) in [7, 11) is 0. The fourth-order valence-corrected chi connectivity index (χ4v) is 1.59. The Morgan fingerprint density at radius 2 is 2.14 bits per heavy atom. The number of aromatic nitrogens is 2. The molecular weight excluding hydrogens is 180 g/mol. The maximum absolute atomic E-state index is 11.7. The van der Waals surface area contributed by atoms with Crippen LogP contribution in [0, 0.1) is 0 Å². The summed E-state index contributed by atoms with van der Waals surface area (Å²) >= 11 is 0. The number of amides is 1. The minimum atomic E-state index is -0.371. The van der Waals surface area contributed by atoms with Crippen molar-refractivity contribution in [3.63, 3.8) is 0 Å². The average Bonchev–Trinajstić information content (AvgIpc) is 2.23. The van der Waals surface area contributed by atoms with E-state index in [4.69, 9.17) is 5.73 Å². The zero-order valence-electron chi connectivity index (χ0n) is 7.76. The van der Waals surface area contributed by atoms with E-state index in [0.717, 1.165) is 18.5 Å². The van der Waals surface area contributed by atoms with Crippen molar-refractivity contribution in [3.05, 3.63) is 18.7 Å². The fraction of sp³-hybridized carbons (Fsp3) is 0.444. The van der Waals surface area contributed by atoms with Crippen LogP contribution >= 0.6 is 0 Å². The highest BCUT2D eigenvalue weighted by Gasteiger charge is 2.26. The molecule has 0 spiro atoms. The SMILES string of the molecule is NC1CCCN(c2cncnc2)C1=O. The molecular formula is C9H12N4O. The van der Waals surface area contributed by atoms with Crippen LogP contribution in [0.2, 0.25) is 0 Å². The first-order valence-electron chi connectivity index (χ1n) is 4.61. The number of hydrogen-bond donors (Lipinski definition) is 1. The van der Waals surface area contributed by atoms with Crippen LogP contribution in [0.15, 0.2) is 18.7 Å². The van der Waals surface area contributed by atoms with Crippen LogP contribution in [-0.4, -0.2) is 28.5 Å². The molecule has 1 unspecified atom stereocenters. The third-order valence-electron chi connectivity index (χ3n) is 2.34. The van der Waals surface area contributed by atoms with Crippen LogP contribution in [0.4, 0.5) is 5.69 Å². The largest absolute Gasteiger partial charge is 0.320 e. The molecule has 5 heteroatoms. The molecule has 1 atom stereocenters. The summed E-state index contributed by atoms with van der Waals surface area (Å²) in [6.45, 7) is 0.708. The second-order valence-electron chi connectivity index (χ2n) is 3.34. The van der Waals surface area contributed by atoms with E-state index in [-0.39, 0.29) is 11.9 Å². The van der Waals surface area contributed by atoms with Gasteiger partial charge in [0.1, 0.15) is 6.33 Å². The molecule has 1 aromatic rings. The van der Waals surface area contributed by atoms with Gasteiger partial charge in [-0.1, -0.05) is 0 Å². The Kier molecular flexibility index (Phi) is 2.41. The zero-order valence-corrected chi connectivity index (χ0v) is 7.76. The summed E-state index contributed by atoms with van der Waals surface area (Å²) in [5.41, 5.74) is 6.40. The van der Waals surface area contributed by atoms with Gasteiger partial charge in [-0.3, -0.25) is 4.79 Å². The summed E-state index contributed by atoms with van der Waals surface area (Å²) in [6.07, 6.45) is 6.40. The van der Waals surface area contributed by atoms with Crippen LogP contribution in [0.3, 0.4) is 0 Å². The summed E-state index contributed by atoms with van der Waals surface area (Å²) in [6, 6.07) is -0.371. The number of rotatable bonds is 1. The zero-order chi connectivity index (χ0) is 9.97. The van der Waals surface area contributed by atoms with Gasteiger partial charge in [-0.15, -0.1) is 0 Å². The highest BCUT2D eigenvalue weighted by molar-refractivity contribution is 5.97. The number of anilines is 1. The number of carbonyl (C=O) groups excluding carboxylic acids is 1. The van der Waals surface area contributed by atoms with Crippen LogP contribution in [0.5, 0.6) is 0 Å². The Morgan fingerprint density at radius 1 is 1.43 bits per heavy atom. The molecule has 2 heterocycles. The van der Waals surface area contributed by atoms with Crippen LogP contribution < -0.4 is 10.6 Å². The van der Waals surface area contributed by atoms with Gasteiger partial charge in [0.2, 0.25) is 5.91 Å². The molecule has 0 radical (unpaired) electrons. The van der Waals surface area contributed by atoms with Crippen molar-refractivity contribution < 1.29 is 4.79 Å². The van der Waals surface area contributed by atoms with Crippen molar-refractivity contribution in [1.82, 2.24) is 9.97 Å². The molecule has 0 bridgehead atoms. The third kappa shape index (κ3) is 1.58. The number of carbonyl (C=O) groups is 1. The molecule has 2 rings (SSSR count). The second-order valence-corrected chi connectivity index (χ2v) is 3.34. The first-order chi connectivity index (χ1) is 6.79. The van der Waals surface area contributed by atoms with Gasteiger partial charge >= 0.3 is 0 Å². The lowest BCUT2D eigenvalue weighted by atomic mass is 10.1. The molecule has 74 valence electrons. The summed E-state index contributed by atoms with van der Waals surface area (Å²) < 4.78 is 0. The van der Waals surface area contributed by atoms with E-state index in [1.165, 1.54) is 6.33 Å². The smallest absolute Gasteiger partial charge is 0.243 e. The monoisotopic (exact) mass is 192 g/mol. The lowest BCUT2D eigenvalue weighted by molar-refractivity contribution is -0.120. The molecule has 1 aromatic heterocycles. The molecule has 1 aliphatic heterocycles. The summed E-state index contributed by atoms with van der Waals surface area (Å²) in [5, 5.41) is 0. The number of nitrogens with two attached hydrogens (primary N) is 1. The lowest BCUT2D eigenvalue weighted by Gasteiger charge is -2.29. The topological polar surface area (TPSA) is 72.1 Å². The van der Waals surface area contributed by atoms with Crippen molar-refractivity contribution in [1.29, 1.82) is 0 Å². The molecule has 0 saturated carbocycles. The Morgan fingerprint density at radius 3 is 2.86 bits per heavy atom. The van der Waals surface area contributed by atoms with Gasteiger partial charge in [-0.2, -0.15) is 0 Å². The molecule has 1 amide bonds. The number of nitrogens with zero attached hydrogens (tertiary/aromatic N) is 3. The molecule has 1 fully saturated rings. The van der Waals surface area contributed by atoms with Gasteiger partial charge < -0.3 is 10.6 Å². The Hall–Kier alpha value is -1.49. The van der Waals surface area contributed by atoms with Crippen LogP contribution in [-0.2, 0) is 4.79 Å². The van der Waals surface area contributed by atoms with Crippen molar-refractivity contribution in [2.24, 2.45) is 5.73 Å². The Labute approximate surface area is 82.0 Å². The van der Waals surface area contributed by atoms with E-state index in [9.17, 15) is 4.79 Å². The molecule has 5 nitrogen and oxygen atoms in total. The number of piperidine rings is 1. The van der Waals surface area contributed by atoms with E-state index >= 15 is 0 Å². The first-order valence-corrected chi connectivity index (χ1v) is 4.61. The van der Waals surface area contributed by atoms with E-state index in [1.54, 1.807) is 17.3 Å². The van der Waals surface area contributed by atoms with Gasteiger partial charge in [0, 0.05) is 6.54 Å². The van der Waals surface area contributed by atoms with Crippen molar-refractivity contribution in [2.75, 3.05) is 11.4 Å². The van der Waals surface area contributed by atoms with Gasteiger partial charge in [0.25, 0.3) is 0 Å². The third-order valence-corrected chi connectivity index (χ3v) is 2.34. The van der Waals surface area contributed by atoms with E-state index < -0.39 is 0 Å². The minimum absolute atomic E-state index is 0.0361. The predicted octanol–water partition coefficient (Wildman–Crippen LogP) is -0.0693. The maximum atomic E-state index is 11.7.